The summed E-state index contributed by atoms with van der Waals surface area (Å²) in [4.78, 5) is 29.1. The summed E-state index contributed by atoms with van der Waals surface area (Å²) in [7, 11) is 1.78. The maximum Gasteiger partial charge on any atom is 0.408 e. The van der Waals surface area contributed by atoms with Crippen LogP contribution < -0.4 is 10.6 Å². The van der Waals surface area contributed by atoms with Crippen LogP contribution in [-0.4, -0.2) is 21.6 Å². The molecule has 2 amide bonds. The number of hydrogen-bond donors (Lipinski definition) is 2. The highest BCUT2D eigenvalue weighted by Gasteiger charge is 2.31. The van der Waals surface area contributed by atoms with Crippen molar-refractivity contribution in [2.24, 2.45) is 7.05 Å². The predicted octanol–water partition coefficient (Wildman–Crippen LogP) is 4.52. The van der Waals surface area contributed by atoms with Crippen LogP contribution in [0.3, 0.4) is 0 Å². The summed E-state index contributed by atoms with van der Waals surface area (Å²) < 4.78 is 34.9. The number of nitrogens with zero attached hydrogens (tertiary/aromatic N) is 2. The number of hydrogen-bond acceptors (Lipinski definition) is 4. The lowest BCUT2D eigenvalue weighted by atomic mass is 10.0. The first-order valence-electron chi connectivity index (χ1n) is 9.80. The topological polar surface area (TPSA) is 85.2 Å². The summed E-state index contributed by atoms with van der Waals surface area (Å²) >= 11 is 5.76. The zero-order chi connectivity index (χ0) is 22.8. The van der Waals surface area contributed by atoms with E-state index in [1.54, 1.807) is 24.0 Å². The minimum Gasteiger partial charge on any atom is -0.441 e. The summed E-state index contributed by atoms with van der Waals surface area (Å²) in [6, 6.07) is 5.75. The summed E-state index contributed by atoms with van der Waals surface area (Å²) in [5, 5.41) is 5.17. The SMILES string of the molecule is Cn1ccnc1COC(=O)N[C@H]1CCc2c(C(=O)Nc3ccc(F)c(Cl)c3)ccc(F)c21. The van der Waals surface area contributed by atoms with Crippen LogP contribution in [0.4, 0.5) is 19.3 Å². The second-order valence-corrected chi connectivity index (χ2v) is 7.74. The molecule has 1 aliphatic carbocycles. The Labute approximate surface area is 187 Å². The Morgan fingerprint density at radius 2 is 2.03 bits per heavy atom. The van der Waals surface area contributed by atoms with E-state index in [0.717, 1.165) is 6.07 Å². The number of imidazole rings is 1. The van der Waals surface area contributed by atoms with Gasteiger partial charge in [0, 0.05) is 36.3 Å². The van der Waals surface area contributed by atoms with E-state index in [1.165, 1.54) is 24.3 Å². The summed E-state index contributed by atoms with van der Waals surface area (Å²) in [6.07, 6.45) is 3.42. The first-order chi connectivity index (χ1) is 15.3. The van der Waals surface area contributed by atoms with Crippen LogP contribution in [0.15, 0.2) is 42.7 Å². The maximum atomic E-state index is 14.6. The molecule has 3 aromatic rings. The van der Waals surface area contributed by atoms with Crippen LogP contribution >= 0.6 is 11.6 Å². The molecule has 0 aliphatic heterocycles. The van der Waals surface area contributed by atoms with Gasteiger partial charge in [-0.1, -0.05) is 11.6 Å². The van der Waals surface area contributed by atoms with Gasteiger partial charge < -0.3 is 19.9 Å². The van der Waals surface area contributed by atoms with E-state index in [4.69, 9.17) is 16.3 Å². The van der Waals surface area contributed by atoms with Crippen LogP contribution in [-0.2, 0) is 24.8 Å². The minimum atomic E-state index is -0.707. The molecule has 1 aliphatic rings. The van der Waals surface area contributed by atoms with Crippen molar-refractivity contribution in [3.8, 4) is 0 Å². The smallest absolute Gasteiger partial charge is 0.408 e. The van der Waals surface area contributed by atoms with Crippen molar-refractivity contribution in [2.75, 3.05) is 5.32 Å². The fourth-order valence-electron chi connectivity index (χ4n) is 3.69. The zero-order valence-corrected chi connectivity index (χ0v) is 17.7. The number of ether oxygens (including phenoxy) is 1. The van der Waals surface area contributed by atoms with Gasteiger partial charge in [-0.15, -0.1) is 0 Å². The lowest BCUT2D eigenvalue weighted by Crippen LogP contribution is -2.28. The molecule has 2 aromatic carbocycles. The Morgan fingerprint density at radius 1 is 1.25 bits per heavy atom. The van der Waals surface area contributed by atoms with E-state index < -0.39 is 29.7 Å². The molecule has 0 unspecified atom stereocenters. The van der Waals surface area contributed by atoms with Crippen molar-refractivity contribution in [3.05, 3.63) is 81.9 Å². The first-order valence-corrected chi connectivity index (χ1v) is 10.2. The molecule has 32 heavy (non-hydrogen) atoms. The van der Waals surface area contributed by atoms with E-state index in [1.807, 2.05) is 0 Å². The average Bonchev–Trinajstić information content (AvgIpc) is 3.36. The molecule has 0 saturated carbocycles. The molecule has 1 aromatic heterocycles. The second kappa shape index (κ2) is 8.96. The van der Waals surface area contributed by atoms with Crippen LogP contribution in [0.2, 0.25) is 5.02 Å². The minimum absolute atomic E-state index is 0.0277. The Bertz CT molecular complexity index is 1200. The van der Waals surface area contributed by atoms with Gasteiger partial charge in [-0.2, -0.15) is 0 Å². The molecule has 4 rings (SSSR count). The molecule has 1 atom stereocenters. The molecule has 0 radical (unpaired) electrons. The van der Waals surface area contributed by atoms with E-state index in [2.05, 4.69) is 15.6 Å². The van der Waals surface area contributed by atoms with E-state index >= 15 is 0 Å². The molecule has 0 spiro atoms. The number of carbonyl (C=O) groups is 2. The number of aryl methyl sites for hydroxylation is 1. The van der Waals surface area contributed by atoms with Gasteiger partial charge in [0.25, 0.3) is 5.91 Å². The van der Waals surface area contributed by atoms with Crippen LogP contribution in [0.1, 0.15) is 39.8 Å². The number of amides is 2. The standard InChI is InChI=1S/C22H19ClF2N4O3/c1-29-9-8-26-19(29)11-32-22(31)28-18-7-4-13-14(3-6-17(25)20(13)18)21(30)27-12-2-5-16(24)15(23)10-12/h2-3,5-6,8-10,18H,4,7,11H2,1H3,(H,27,30)(H,28,31)/t18-/m0/s1. The van der Waals surface area contributed by atoms with E-state index in [9.17, 15) is 18.4 Å². The molecular formula is C22H19ClF2N4O3. The number of nitrogens with one attached hydrogen (secondary N) is 2. The van der Waals surface area contributed by atoms with Gasteiger partial charge in [0.2, 0.25) is 0 Å². The van der Waals surface area contributed by atoms with Gasteiger partial charge in [-0.25, -0.2) is 18.6 Å². The quantitative estimate of drug-likeness (QED) is 0.586. The van der Waals surface area contributed by atoms with Crippen molar-refractivity contribution in [3.63, 3.8) is 0 Å². The highest BCUT2D eigenvalue weighted by Crippen LogP contribution is 2.36. The maximum absolute atomic E-state index is 14.6. The first kappa shape index (κ1) is 21.8. The molecule has 1 heterocycles. The fraction of sp³-hybridized carbons (Fsp3) is 0.227. The molecule has 0 bridgehead atoms. The third kappa shape index (κ3) is 4.43. The predicted molar refractivity (Wildman–Crippen MR) is 113 cm³/mol. The van der Waals surface area contributed by atoms with Gasteiger partial charge in [-0.05, 0) is 48.7 Å². The third-order valence-corrected chi connectivity index (χ3v) is 5.59. The van der Waals surface area contributed by atoms with Crippen molar-refractivity contribution in [1.82, 2.24) is 14.9 Å². The lowest BCUT2D eigenvalue weighted by molar-refractivity contribution is 0.102. The molecule has 2 N–H and O–H groups in total. The highest BCUT2D eigenvalue weighted by molar-refractivity contribution is 6.31. The van der Waals surface area contributed by atoms with E-state index in [0.29, 0.717) is 29.9 Å². The fourth-order valence-corrected chi connectivity index (χ4v) is 3.87. The zero-order valence-electron chi connectivity index (χ0n) is 17.0. The number of benzene rings is 2. The normalized spacial score (nSPS) is 14.7. The van der Waals surface area contributed by atoms with Gasteiger partial charge in [-0.3, -0.25) is 4.79 Å². The molecule has 166 valence electrons. The van der Waals surface area contributed by atoms with Gasteiger partial charge in [0.05, 0.1) is 11.1 Å². The summed E-state index contributed by atoms with van der Waals surface area (Å²) in [5.41, 5.74) is 1.34. The number of alkyl carbamates (subject to hydrolysis) is 1. The Balaban J connectivity index is 1.48. The van der Waals surface area contributed by atoms with Gasteiger partial charge in [0.1, 0.15) is 17.5 Å². The lowest BCUT2D eigenvalue weighted by Gasteiger charge is -2.16. The molecule has 7 nitrogen and oxygen atoms in total. The number of carbonyl (C=O) groups excluding carboxylic acids is 2. The number of halogens is 3. The third-order valence-electron chi connectivity index (χ3n) is 5.30. The monoisotopic (exact) mass is 460 g/mol. The number of fused-ring (bicyclic) bond motifs is 1. The number of rotatable bonds is 5. The summed E-state index contributed by atoms with van der Waals surface area (Å²) in [6.45, 7) is -0.0277. The van der Waals surface area contributed by atoms with Crippen LogP contribution in [0.25, 0.3) is 0 Å². The molecule has 10 heteroatoms. The Hall–Kier alpha value is -3.46. The molecule has 0 saturated heterocycles. The van der Waals surface area contributed by atoms with E-state index in [-0.39, 0.29) is 22.8 Å². The average molecular weight is 461 g/mol. The Morgan fingerprint density at radius 3 is 2.75 bits per heavy atom. The highest BCUT2D eigenvalue weighted by atomic mass is 35.5. The Kier molecular flexibility index (Phi) is 6.09. The van der Waals surface area contributed by atoms with Crippen LogP contribution in [0.5, 0.6) is 0 Å². The van der Waals surface area contributed by atoms with Gasteiger partial charge >= 0.3 is 6.09 Å². The van der Waals surface area contributed by atoms with Crippen molar-refractivity contribution < 1.29 is 23.1 Å². The van der Waals surface area contributed by atoms with Crippen molar-refractivity contribution in [1.29, 1.82) is 0 Å². The largest absolute Gasteiger partial charge is 0.441 e. The van der Waals surface area contributed by atoms with Crippen molar-refractivity contribution >= 4 is 29.3 Å². The van der Waals surface area contributed by atoms with Gasteiger partial charge in [0.15, 0.2) is 6.61 Å². The van der Waals surface area contributed by atoms with Crippen LogP contribution in [0, 0.1) is 11.6 Å². The number of anilines is 1. The number of aromatic nitrogens is 2. The molecule has 0 fully saturated rings. The molecular weight excluding hydrogens is 442 g/mol. The van der Waals surface area contributed by atoms with Crippen molar-refractivity contribution in [2.45, 2.75) is 25.5 Å². The second-order valence-electron chi connectivity index (χ2n) is 7.34. The summed E-state index contributed by atoms with van der Waals surface area (Å²) in [5.74, 6) is -1.04.